The predicted octanol–water partition coefficient (Wildman–Crippen LogP) is 2.61. The van der Waals surface area contributed by atoms with Crippen LogP contribution in [0.3, 0.4) is 0 Å². The number of amides is 2. The lowest BCUT2D eigenvalue weighted by molar-refractivity contribution is -0.140. The van der Waals surface area contributed by atoms with E-state index in [-0.39, 0.29) is 30.6 Å². The second-order valence-electron chi connectivity index (χ2n) is 7.19. The number of piperazine rings is 1. The summed E-state index contributed by atoms with van der Waals surface area (Å²) >= 11 is 0. The van der Waals surface area contributed by atoms with E-state index in [1.807, 2.05) is 31.2 Å². The van der Waals surface area contributed by atoms with Crippen molar-refractivity contribution < 1.29 is 24.2 Å². The standard InChI is InChI=1S/C23H28N2O5/c1-18-6-2-4-8-20(18)29-16-10-22(27)24-12-14-25(15-13-24)23(28)11-17-30-21-9-5-3-7-19(21)26/h2-9,26H,10-17H2,1H3. The van der Waals surface area contributed by atoms with Gasteiger partial charge in [-0.1, -0.05) is 30.3 Å². The number of aromatic hydroxyl groups is 1. The summed E-state index contributed by atoms with van der Waals surface area (Å²) in [6, 6.07) is 14.4. The van der Waals surface area contributed by atoms with E-state index in [0.717, 1.165) is 11.3 Å². The van der Waals surface area contributed by atoms with Crippen molar-refractivity contribution in [2.45, 2.75) is 19.8 Å². The van der Waals surface area contributed by atoms with Crippen molar-refractivity contribution in [3.05, 3.63) is 54.1 Å². The molecule has 0 radical (unpaired) electrons. The SMILES string of the molecule is Cc1ccccc1OCCC(=O)N1CCN(C(=O)CCOc2ccccc2O)CC1. The van der Waals surface area contributed by atoms with Gasteiger partial charge < -0.3 is 24.4 Å². The van der Waals surface area contributed by atoms with E-state index in [0.29, 0.717) is 45.0 Å². The van der Waals surface area contributed by atoms with Gasteiger partial charge in [-0.2, -0.15) is 0 Å². The summed E-state index contributed by atoms with van der Waals surface area (Å²) in [5, 5.41) is 9.68. The van der Waals surface area contributed by atoms with Gasteiger partial charge in [0.2, 0.25) is 11.8 Å². The Bertz CT molecular complexity index is 791. The monoisotopic (exact) mass is 412 g/mol. The number of carbonyl (C=O) groups is 2. The Hall–Kier alpha value is -3.22. The summed E-state index contributed by atoms with van der Waals surface area (Å²) in [6.45, 7) is 4.59. The van der Waals surface area contributed by atoms with Gasteiger partial charge in [-0.3, -0.25) is 9.59 Å². The van der Waals surface area contributed by atoms with E-state index >= 15 is 0 Å². The molecule has 2 aromatic rings. The summed E-state index contributed by atoms with van der Waals surface area (Å²) in [5.41, 5.74) is 1.04. The van der Waals surface area contributed by atoms with Crippen molar-refractivity contribution >= 4 is 11.8 Å². The van der Waals surface area contributed by atoms with Crippen LogP contribution in [-0.4, -0.2) is 66.1 Å². The minimum atomic E-state index is -0.0135. The Morgan fingerprint density at radius 1 is 0.800 bits per heavy atom. The maximum absolute atomic E-state index is 12.4. The summed E-state index contributed by atoms with van der Waals surface area (Å²) in [5.74, 6) is 1.25. The molecule has 7 nitrogen and oxygen atoms in total. The molecule has 1 saturated heterocycles. The quantitative estimate of drug-likeness (QED) is 0.721. The van der Waals surface area contributed by atoms with E-state index in [1.165, 1.54) is 0 Å². The van der Waals surface area contributed by atoms with Crippen LogP contribution in [0.1, 0.15) is 18.4 Å². The summed E-state index contributed by atoms with van der Waals surface area (Å²) < 4.78 is 11.2. The molecular formula is C23H28N2O5. The van der Waals surface area contributed by atoms with Crippen LogP contribution < -0.4 is 9.47 Å². The molecule has 0 atom stereocenters. The second-order valence-corrected chi connectivity index (χ2v) is 7.19. The van der Waals surface area contributed by atoms with E-state index in [9.17, 15) is 14.7 Å². The van der Waals surface area contributed by atoms with Gasteiger partial charge in [0.1, 0.15) is 5.75 Å². The summed E-state index contributed by atoms with van der Waals surface area (Å²) in [6.07, 6.45) is 0.545. The van der Waals surface area contributed by atoms with Gasteiger partial charge in [0.15, 0.2) is 11.5 Å². The Morgan fingerprint density at radius 3 is 1.80 bits per heavy atom. The molecule has 0 spiro atoms. The highest BCUT2D eigenvalue weighted by Gasteiger charge is 2.24. The van der Waals surface area contributed by atoms with E-state index in [1.54, 1.807) is 34.1 Å². The van der Waals surface area contributed by atoms with Crippen LogP contribution in [0.15, 0.2) is 48.5 Å². The fraction of sp³-hybridized carbons (Fsp3) is 0.391. The number of nitrogens with zero attached hydrogens (tertiary/aromatic N) is 2. The molecule has 0 aliphatic carbocycles. The first-order chi connectivity index (χ1) is 14.5. The first kappa shape index (κ1) is 21.5. The van der Waals surface area contributed by atoms with Gasteiger partial charge in [0, 0.05) is 26.2 Å². The molecule has 1 fully saturated rings. The fourth-order valence-corrected chi connectivity index (χ4v) is 3.32. The Kier molecular flexibility index (Phi) is 7.54. The van der Waals surface area contributed by atoms with Crippen LogP contribution in [0.2, 0.25) is 0 Å². The number of carbonyl (C=O) groups excluding carboxylic acids is 2. The zero-order valence-corrected chi connectivity index (χ0v) is 17.3. The summed E-state index contributed by atoms with van der Waals surface area (Å²) in [4.78, 5) is 28.3. The molecule has 0 unspecified atom stereocenters. The Balaban J connectivity index is 1.34. The molecule has 1 N–H and O–H groups in total. The molecule has 1 aliphatic heterocycles. The number of ether oxygens (including phenoxy) is 2. The first-order valence-electron chi connectivity index (χ1n) is 10.2. The number of hydrogen-bond acceptors (Lipinski definition) is 5. The van der Waals surface area contributed by atoms with Gasteiger partial charge in [-0.05, 0) is 30.7 Å². The van der Waals surface area contributed by atoms with E-state index < -0.39 is 0 Å². The number of para-hydroxylation sites is 3. The number of aryl methyl sites for hydroxylation is 1. The maximum Gasteiger partial charge on any atom is 0.226 e. The highest BCUT2D eigenvalue weighted by Crippen LogP contribution is 2.24. The van der Waals surface area contributed by atoms with Crippen molar-refractivity contribution in [3.8, 4) is 17.2 Å². The smallest absolute Gasteiger partial charge is 0.226 e. The van der Waals surface area contributed by atoms with E-state index in [2.05, 4.69) is 0 Å². The molecule has 0 saturated carbocycles. The molecule has 0 aromatic heterocycles. The number of phenols is 1. The molecule has 0 bridgehead atoms. The lowest BCUT2D eigenvalue weighted by atomic mass is 10.2. The number of hydrogen-bond donors (Lipinski definition) is 1. The highest BCUT2D eigenvalue weighted by atomic mass is 16.5. The number of benzene rings is 2. The second kappa shape index (κ2) is 10.5. The van der Waals surface area contributed by atoms with Crippen molar-refractivity contribution in [3.63, 3.8) is 0 Å². The molecule has 30 heavy (non-hydrogen) atoms. The fourth-order valence-electron chi connectivity index (χ4n) is 3.32. The van der Waals surface area contributed by atoms with Gasteiger partial charge in [-0.15, -0.1) is 0 Å². The van der Waals surface area contributed by atoms with Crippen molar-refractivity contribution in [1.82, 2.24) is 9.80 Å². The number of rotatable bonds is 8. The lowest BCUT2D eigenvalue weighted by Gasteiger charge is -2.35. The third kappa shape index (κ3) is 5.89. The van der Waals surface area contributed by atoms with Crippen molar-refractivity contribution in [2.75, 3.05) is 39.4 Å². The van der Waals surface area contributed by atoms with Crippen LogP contribution in [0.25, 0.3) is 0 Å². The van der Waals surface area contributed by atoms with Crippen molar-refractivity contribution in [2.24, 2.45) is 0 Å². The maximum atomic E-state index is 12.4. The minimum Gasteiger partial charge on any atom is -0.504 e. The van der Waals surface area contributed by atoms with Gasteiger partial charge >= 0.3 is 0 Å². The molecule has 3 rings (SSSR count). The Labute approximate surface area is 176 Å². The van der Waals surface area contributed by atoms with Crippen molar-refractivity contribution in [1.29, 1.82) is 0 Å². The lowest BCUT2D eigenvalue weighted by Crippen LogP contribution is -2.51. The predicted molar refractivity (Wildman–Crippen MR) is 113 cm³/mol. The summed E-state index contributed by atoms with van der Waals surface area (Å²) in [7, 11) is 0. The third-order valence-electron chi connectivity index (χ3n) is 5.09. The van der Waals surface area contributed by atoms with Crippen LogP contribution >= 0.6 is 0 Å². The molecule has 2 amide bonds. The largest absolute Gasteiger partial charge is 0.504 e. The van der Waals surface area contributed by atoms with Gasteiger partial charge in [-0.25, -0.2) is 0 Å². The third-order valence-corrected chi connectivity index (χ3v) is 5.09. The van der Waals surface area contributed by atoms with Gasteiger partial charge in [0.25, 0.3) is 0 Å². The molecule has 160 valence electrons. The molecule has 1 heterocycles. The molecule has 1 aliphatic rings. The molecule has 2 aromatic carbocycles. The average Bonchev–Trinajstić information content (AvgIpc) is 2.76. The van der Waals surface area contributed by atoms with Crippen LogP contribution in [0.4, 0.5) is 0 Å². The molecular weight excluding hydrogens is 384 g/mol. The highest BCUT2D eigenvalue weighted by molar-refractivity contribution is 5.78. The normalized spacial score (nSPS) is 13.8. The molecule has 7 heteroatoms. The topological polar surface area (TPSA) is 79.3 Å². The van der Waals surface area contributed by atoms with Crippen LogP contribution in [0.5, 0.6) is 17.2 Å². The van der Waals surface area contributed by atoms with Gasteiger partial charge in [0.05, 0.1) is 26.1 Å². The first-order valence-corrected chi connectivity index (χ1v) is 10.2. The minimum absolute atomic E-state index is 0.0135. The number of phenolic OH excluding ortho intramolecular Hbond substituents is 1. The average molecular weight is 412 g/mol. The van der Waals surface area contributed by atoms with Crippen LogP contribution in [0, 0.1) is 6.92 Å². The van der Waals surface area contributed by atoms with E-state index in [4.69, 9.17) is 9.47 Å². The zero-order chi connectivity index (χ0) is 21.3. The van der Waals surface area contributed by atoms with Crippen LogP contribution in [-0.2, 0) is 9.59 Å². The zero-order valence-electron chi connectivity index (χ0n) is 17.3. The Morgan fingerprint density at radius 2 is 1.27 bits per heavy atom.